The average Bonchev–Trinajstić information content (AvgIpc) is 2.74. The van der Waals surface area contributed by atoms with Crippen LogP contribution >= 0.6 is 0 Å². The van der Waals surface area contributed by atoms with E-state index in [9.17, 15) is 8.42 Å². The van der Waals surface area contributed by atoms with Gasteiger partial charge in [-0.3, -0.25) is 4.99 Å². The van der Waals surface area contributed by atoms with E-state index in [0.29, 0.717) is 23.9 Å². The van der Waals surface area contributed by atoms with Crippen molar-refractivity contribution in [1.29, 1.82) is 0 Å². The van der Waals surface area contributed by atoms with Crippen molar-refractivity contribution in [2.75, 3.05) is 13.3 Å². The summed E-state index contributed by atoms with van der Waals surface area (Å²) in [5, 5.41) is 6.54. The van der Waals surface area contributed by atoms with Gasteiger partial charge in [-0.25, -0.2) is 8.42 Å². The number of guanidine groups is 1. The van der Waals surface area contributed by atoms with Crippen molar-refractivity contribution in [3.63, 3.8) is 0 Å². The number of benzene rings is 3. The van der Waals surface area contributed by atoms with E-state index in [1.165, 1.54) is 6.26 Å². The first-order chi connectivity index (χ1) is 14.8. The molecule has 0 spiro atoms. The molecule has 0 atom stereocenters. The maximum absolute atomic E-state index is 11.8. The molecule has 0 aliphatic heterocycles. The number of nitrogens with zero attached hydrogens (tertiary/aromatic N) is 1. The van der Waals surface area contributed by atoms with Gasteiger partial charge in [-0.1, -0.05) is 42.5 Å². The molecule has 0 fully saturated rings. The molecule has 0 unspecified atom stereocenters. The lowest BCUT2D eigenvalue weighted by molar-refractivity contribution is 0.482. The maximum atomic E-state index is 11.8. The number of ether oxygens (including phenoxy) is 1. The Labute approximate surface area is 183 Å². The van der Waals surface area contributed by atoms with Crippen molar-refractivity contribution in [2.24, 2.45) is 4.99 Å². The van der Waals surface area contributed by atoms with Gasteiger partial charge in [-0.05, 0) is 53.9 Å². The minimum absolute atomic E-state index is 0.358. The number of aryl methyl sites for hydroxylation is 1. The molecule has 0 bridgehead atoms. The molecular formula is C24H27N3O3S. The van der Waals surface area contributed by atoms with Crippen LogP contribution in [-0.2, 0) is 22.9 Å². The molecule has 0 saturated carbocycles. The lowest BCUT2D eigenvalue weighted by Crippen LogP contribution is -2.36. The number of hydrogen-bond acceptors (Lipinski definition) is 4. The number of sulfone groups is 1. The van der Waals surface area contributed by atoms with Crippen LogP contribution in [0.2, 0.25) is 0 Å². The van der Waals surface area contributed by atoms with Gasteiger partial charge in [-0.15, -0.1) is 0 Å². The zero-order chi connectivity index (χ0) is 22.3. The van der Waals surface area contributed by atoms with Crippen molar-refractivity contribution in [3.05, 3.63) is 89.5 Å². The van der Waals surface area contributed by atoms with E-state index in [0.717, 1.165) is 28.2 Å². The van der Waals surface area contributed by atoms with Crippen LogP contribution in [0.1, 0.15) is 16.7 Å². The first-order valence-electron chi connectivity index (χ1n) is 9.91. The fourth-order valence-corrected chi connectivity index (χ4v) is 4.13. The minimum Gasteiger partial charge on any atom is -0.457 e. The summed E-state index contributed by atoms with van der Waals surface area (Å²) >= 11 is 0. The fourth-order valence-electron chi connectivity index (χ4n) is 3.17. The van der Waals surface area contributed by atoms with Crippen LogP contribution in [0.25, 0.3) is 0 Å². The molecule has 0 heterocycles. The normalized spacial score (nSPS) is 11.8. The Hall–Kier alpha value is -3.32. The van der Waals surface area contributed by atoms with E-state index in [-0.39, 0.29) is 0 Å². The highest BCUT2D eigenvalue weighted by atomic mass is 32.2. The minimum atomic E-state index is -3.22. The molecule has 0 amide bonds. The number of aliphatic imine (C=N–C) groups is 1. The van der Waals surface area contributed by atoms with Crippen molar-refractivity contribution in [1.82, 2.24) is 10.6 Å². The third-order valence-corrected chi connectivity index (χ3v) is 5.92. The summed E-state index contributed by atoms with van der Waals surface area (Å²) in [5.41, 5.74) is 2.77. The molecule has 3 rings (SSSR count). The zero-order valence-corrected chi connectivity index (χ0v) is 18.7. The second kappa shape index (κ2) is 10.1. The Morgan fingerprint density at radius 2 is 1.52 bits per heavy atom. The van der Waals surface area contributed by atoms with Gasteiger partial charge >= 0.3 is 0 Å². The van der Waals surface area contributed by atoms with Gasteiger partial charge < -0.3 is 15.4 Å². The SMILES string of the molecule is CN=C(NCc1cccc(Oc2ccccc2)c1)NCc1ccc(S(C)(=O)=O)c(C)c1. The largest absolute Gasteiger partial charge is 0.457 e. The molecule has 162 valence electrons. The van der Waals surface area contributed by atoms with Crippen molar-refractivity contribution in [2.45, 2.75) is 24.9 Å². The second-order valence-corrected chi connectivity index (χ2v) is 9.20. The first-order valence-corrected chi connectivity index (χ1v) is 11.8. The number of nitrogens with one attached hydrogen (secondary N) is 2. The lowest BCUT2D eigenvalue weighted by atomic mass is 10.1. The molecule has 0 aromatic heterocycles. The standard InChI is InChI=1S/C24H27N3O3S/c1-18-14-20(12-13-23(18)31(3,28)29)17-27-24(25-2)26-16-19-8-7-11-22(15-19)30-21-9-5-4-6-10-21/h4-15H,16-17H2,1-3H3,(H2,25,26,27). The summed E-state index contributed by atoms with van der Waals surface area (Å²) in [7, 11) is -1.51. The highest BCUT2D eigenvalue weighted by molar-refractivity contribution is 7.90. The summed E-state index contributed by atoms with van der Waals surface area (Å²) in [6.07, 6.45) is 1.22. The summed E-state index contributed by atoms with van der Waals surface area (Å²) in [6.45, 7) is 2.91. The van der Waals surface area contributed by atoms with Crippen molar-refractivity contribution in [3.8, 4) is 11.5 Å². The summed E-state index contributed by atoms with van der Waals surface area (Å²) < 4.78 is 29.4. The molecule has 0 radical (unpaired) electrons. The molecule has 0 saturated heterocycles. The Balaban J connectivity index is 1.56. The Kier molecular flexibility index (Phi) is 7.31. The zero-order valence-electron chi connectivity index (χ0n) is 17.9. The van der Waals surface area contributed by atoms with E-state index in [2.05, 4.69) is 15.6 Å². The molecule has 3 aromatic rings. The summed E-state index contributed by atoms with van der Waals surface area (Å²) in [4.78, 5) is 4.61. The molecule has 31 heavy (non-hydrogen) atoms. The quantitative estimate of drug-likeness (QED) is 0.431. The van der Waals surface area contributed by atoms with Crippen molar-refractivity contribution >= 4 is 15.8 Å². The smallest absolute Gasteiger partial charge is 0.191 e. The molecule has 3 aromatic carbocycles. The van der Waals surface area contributed by atoms with Gasteiger partial charge in [-0.2, -0.15) is 0 Å². The van der Waals surface area contributed by atoms with E-state index >= 15 is 0 Å². The Morgan fingerprint density at radius 3 is 2.13 bits per heavy atom. The lowest BCUT2D eigenvalue weighted by Gasteiger charge is -2.14. The van der Waals surface area contributed by atoms with Crippen molar-refractivity contribution < 1.29 is 13.2 Å². The molecular weight excluding hydrogens is 410 g/mol. The van der Waals surface area contributed by atoms with Gasteiger partial charge in [0.1, 0.15) is 11.5 Å². The fraction of sp³-hybridized carbons (Fsp3) is 0.208. The van der Waals surface area contributed by atoms with Gasteiger partial charge in [0.2, 0.25) is 0 Å². The number of hydrogen-bond donors (Lipinski definition) is 2. The van der Waals surface area contributed by atoms with E-state index in [1.54, 1.807) is 20.0 Å². The first kappa shape index (κ1) is 22.4. The monoisotopic (exact) mass is 437 g/mol. The van der Waals surface area contributed by atoms with Gasteiger partial charge in [0.25, 0.3) is 0 Å². The molecule has 6 nitrogen and oxygen atoms in total. The Morgan fingerprint density at radius 1 is 0.871 bits per heavy atom. The third-order valence-electron chi connectivity index (χ3n) is 4.66. The van der Waals surface area contributed by atoms with E-state index in [4.69, 9.17) is 4.74 Å². The van der Waals surface area contributed by atoms with Crippen LogP contribution in [0.4, 0.5) is 0 Å². The molecule has 0 aliphatic carbocycles. The summed E-state index contributed by atoms with van der Waals surface area (Å²) in [5.74, 6) is 2.22. The van der Waals surface area contributed by atoms with E-state index < -0.39 is 9.84 Å². The highest BCUT2D eigenvalue weighted by Gasteiger charge is 2.11. The predicted molar refractivity (Wildman–Crippen MR) is 124 cm³/mol. The summed E-state index contributed by atoms with van der Waals surface area (Å²) in [6, 6.07) is 22.9. The molecule has 2 N–H and O–H groups in total. The molecule has 7 heteroatoms. The van der Waals surface area contributed by atoms with Crippen LogP contribution in [0.15, 0.2) is 82.7 Å². The van der Waals surface area contributed by atoms with Gasteiger partial charge in [0, 0.05) is 26.4 Å². The van der Waals surface area contributed by atoms with Crippen LogP contribution < -0.4 is 15.4 Å². The van der Waals surface area contributed by atoms with Gasteiger partial charge in [0.15, 0.2) is 15.8 Å². The molecule has 0 aliphatic rings. The number of para-hydroxylation sites is 1. The topological polar surface area (TPSA) is 79.8 Å². The van der Waals surface area contributed by atoms with Crippen LogP contribution in [0.5, 0.6) is 11.5 Å². The van der Waals surface area contributed by atoms with Crippen LogP contribution in [0, 0.1) is 6.92 Å². The Bertz CT molecular complexity index is 1160. The van der Waals surface area contributed by atoms with Crippen LogP contribution in [-0.4, -0.2) is 27.7 Å². The van der Waals surface area contributed by atoms with Gasteiger partial charge in [0.05, 0.1) is 4.90 Å². The van der Waals surface area contributed by atoms with E-state index in [1.807, 2.05) is 66.7 Å². The second-order valence-electron chi connectivity index (χ2n) is 7.21. The maximum Gasteiger partial charge on any atom is 0.191 e. The highest BCUT2D eigenvalue weighted by Crippen LogP contribution is 2.21. The average molecular weight is 438 g/mol. The predicted octanol–water partition coefficient (Wildman–Crippen LogP) is 4.06. The third kappa shape index (κ3) is 6.58. The number of rotatable bonds is 7. The van der Waals surface area contributed by atoms with Crippen LogP contribution in [0.3, 0.4) is 0 Å².